The molecule has 1 N–H and O–H groups in total. The van der Waals surface area contributed by atoms with Crippen LogP contribution in [0.1, 0.15) is 49.2 Å². The molecule has 0 radical (unpaired) electrons. The molecule has 1 fully saturated rings. The van der Waals surface area contributed by atoms with Crippen molar-refractivity contribution in [2.24, 2.45) is 0 Å². The Kier molecular flexibility index (Phi) is 5.61. The number of carbonyl (C=O) groups is 1. The predicted octanol–water partition coefficient (Wildman–Crippen LogP) is 2.43. The van der Waals surface area contributed by atoms with Crippen molar-refractivity contribution in [3.05, 3.63) is 17.0 Å². The van der Waals surface area contributed by atoms with Crippen molar-refractivity contribution in [2.75, 3.05) is 26.8 Å². The van der Waals surface area contributed by atoms with Gasteiger partial charge in [-0.1, -0.05) is 12.1 Å². The summed E-state index contributed by atoms with van der Waals surface area (Å²) in [7, 11) is 1.67. The van der Waals surface area contributed by atoms with Crippen LogP contribution in [-0.4, -0.2) is 42.9 Å². The van der Waals surface area contributed by atoms with Crippen LogP contribution in [0.5, 0.6) is 0 Å². The number of hydrogen-bond donors (Lipinski definition) is 1. The monoisotopic (exact) mass is 295 g/mol. The van der Waals surface area contributed by atoms with Gasteiger partial charge in [0.05, 0.1) is 11.7 Å². The second-order valence-corrected chi connectivity index (χ2v) is 5.39. The van der Waals surface area contributed by atoms with Gasteiger partial charge in [-0.2, -0.15) is 0 Å². The fraction of sp³-hybridized carbons (Fsp3) is 0.733. The third-order valence-electron chi connectivity index (χ3n) is 3.95. The second-order valence-electron chi connectivity index (χ2n) is 5.39. The molecule has 1 saturated heterocycles. The van der Waals surface area contributed by atoms with Crippen LogP contribution in [0.3, 0.4) is 0 Å². The van der Waals surface area contributed by atoms with Gasteiger partial charge < -0.3 is 19.5 Å². The first-order valence-electron chi connectivity index (χ1n) is 7.67. The molecule has 2 heterocycles. The van der Waals surface area contributed by atoms with Gasteiger partial charge in [-0.05, 0) is 26.2 Å². The van der Waals surface area contributed by atoms with Crippen molar-refractivity contribution in [3.8, 4) is 0 Å². The number of nitrogens with one attached hydrogen (secondary N) is 1. The van der Waals surface area contributed by atoms with Crippen LogP contribution < -0.4 is 5.32 Å². The predicted molar refractivity (Wildman–Crippen MR) is 79.2 cm³/mol. The highest BCUT2D eigenvalue weighted by Gasteiger charge is 2.34. The minimum Gasteiger partial charge on any atom is -0.385 e. The van der Waals surface area contributed by atoms with Crippen molar-refractivity contribution < 1.29 is 14.1 Å². The quantitative estimate of drug-likeness (QED) is 0.818. The molecule has 118 valence electrons. The van der Waals surface area contributed by atoms with Gasteiger partial charge in [0.25, 0.3) is 0 Å². The number of carbonyl (C=O) groups excluding carboxylic acids is 1. The summed E-state index contributed by atoms with van der Waals surface area (Å²) >= 11 is 0. The van der Waals surface area contributed by atoms with Gasteiger partial charge in [-0.25, -0.2) is 4.79 Å². The van der Waals surface area contributed by atoms with Crippen LogP contribution in [0.25, 0.3) is 0 Å². The maximum absolute atomic E-state index is 12.3. The zero-order valence-electron chi connectivity index (χ0n) is 13.1. The summed E-state index contributed by atoms with van der Waals surface area (Å²) in [5, 5.41) is 7.03. The van der Waals surface area contributed by atoms with Gasteiger partial charge in [0.2, 0.25) is 0 Å². The zero-order chi connectivity index (χ0) is 15.2. The van der Waals surface area contributed by atoms with E-state index < -0.39 is 0 Å². The van der Waals surface area contributed by atoms with Crippen LogP contribution in [0, 0.1) is 6.92 Å². The van der Waals surface area contributed by atoms with Gasteiger partial charge in [0.1, 0.15) is 5.76 Å². The fourth-order valence-corrected chi connectivity index (χ4v) is 2.93. The molecule has 21 heavy (non-hydrogen) atoms. The first kappa shape index (κ1) is 15.8. The van der Waals surface area contributed by atoms with E-state index >= 15 is 0 Å². The molecule has 0 aromatic carbocycles. The first-order chi connectivity index (χ1) is 10.2. The number of urea groups is 1. The minimum absolute atomic E-state index is 0.00347. The van der Waals surface area contributed by atoms with Crippen molar-refractivity contribution in [1.29, 1.82) is 0 Å². The van der Waals surface area contributed by atoms with E-state index in [1.165, 1.54) is 0 Å². The van der Waals surface area contributed by atoms with Crippen molar-refractivity contribution in [1.82, 2.24) is 15.4 Å². The van der Waals surface area contributed by atoms with Gasteiger partial charge in [0.15, 0.2) is 0 Å². The Morgan fingerprint density at radius 2 is 2.38 bits per heavy atom. The zero-order valence-corrected chi connectivity index (χ0v) is 13.1. The summed E-state index contributed by atoms with van der Waals surface area (Å²) in [6, 6.07) is 0.0879. The molecule has 0 spiro atoms. The molecule has 2 rings (SSSR count). The van der Waals surface area contributed by atoms with E-state index in [1.54, 1.807) is 7.11 Å². The summed E-state index contributed by atoms with van der Waals surface area (Å²) < 4.78 is 10.4. The number of hydrogen-bond acceptors (Lipinski definition) is 4. The number of aromatic nitrogens is 1. The van der Waals surface area contributed by atoms with Gasteiger partial charge in [-0.15, -0.1) is 0 Å². The molecule has 1 aliphatic heterocycles. The third kappa shape index (κ3) is 3.56. The lowest BCUT2D eigenvalue weighted by Gasteiger charge is -2.25. The summed E-state index contributed by atoms with van der Waals surface area (Å²) in [5.41, 5.74) is 2.00. The second kappa shape index (κ2) is 7.45. The molecule has 1 aromatic heterocycles. The lowest BCUT2D eigenvalue weighted by Crippen LogP contribution is -2.40. The van der Waals surface area contributed by atoms with E-state index in [1.807, 2.05) is 18.7 Å². The molecule has 6 nitrogen and oxygen atoms in total. The van der Waals surface area contributed by atoms with Gasteiger partial charge in [0, 0.05) is 38.8 Å². The van der Waals surface area contributed by atoms with Crippen LogP contribution in [0.15, 0.2) is 4.52 Å². The SMILES string of the molecule is CCc1onc(C)c1[C@@H]1CCCN1C(=O)NCCCOC. The number of rotatable bonds is 6. The third-order valence-corrected chi connectivity index (χ3v) is 3.95. The standard InChI is InChI=1S/C15H25N3O3/c1-4-13-14(11(2)17-21-13)12-7-5-9-18(12)15(19)16-8-6-10-20-3/h12H,4-10H2,1-3H3,(H,16,19)/t12-/m0/s1. The number of methoxy groups -OCH3 is 1. The van der Waals surface area contributed by atoms with E-state index in [2.05, 4.69) is 10.5 Å². The minimum atomic E-state index is -0.00347. The molecule has 1 atom stereocenters. The highest BCUT2D eigenvalue weighted by atomic mass is 16.5. The van der Waals surface area contributed by atoms with Crippen molar-refractivity contribution >= 4 is 6.03 Å². The Bertz CT molecular complexity index is 473. The molecule has 6 heteroatoms. The number of likely N-dealkylation sites (tertiary alicyclic amines) is 1. The summed E-state index contributed by atoms with van der Waals surface area (Å²) in [6.07, 6.45) is 3.62. The molecule has 1 aliphatic rings. The Balaban J connectivity index is 2.02. The number of amides is 2. The lowest BCUT2D eigenvalue weighted by atomic mass is 10.0. The van der Waals surface area contributed by atoms with E-state index in [-0.39, 0.29) is 12.1 Å². The molecule has 0 bridgehead atoms. The Morgan fingerprint density at radius 3 is 3.10 bits per heavy atom. The fourth-order valence-electron chi connectivity index (χ4n) is 2.93. The number of ether oxygens (including phenoxy) is 1. The highest BCUT2D eigenvalue weighted by molar-refractivity contribution is 5.75. The normalized spacial score (nSPS) is 18.2. The largest absolute Gasteiger partial charge is 0.385 e. The average molecular weight is 295 g/mol. The maximum Gasteiger partial charge on any atom is 0.317 e. The lowest BCUT2D eigenvalue weighted by molar-refractivity contribution is 0.182. The molecular weight excluding hydrogens is 270 g/mol. The van der Waals surface area contributed by atoms with E-state index in [0.29, 0.717) is 13.2 Å². The average Bonchev–Trinajstić information content (AvgIpc) is 3.09. The van der Waals surface area contributed by atoms with Crippen LogP contribution >= 0.6 is 0 Å². The Hall–Kier alpha value is -1.56. The summed E-state index contributed by atoms with van der Waals surface area (Å²) in [6.45, 7) is 6.08. The Labute approximate surface area is 125 Å². The van der Waals surface area contributed by atoms with Gasteiger partial charge >= 0.3 is 6.03 Å². The smallest absolute Gasteiger partial charge is 0.317 e. The number of aryl methyl sites for hydroxylation is 2. The molecule has 0 unspecified atom stereocenters. The first-order valence-corrected chi connectivity index (χ1v) is 7.67. The molecule has 1 aromatic rings. The maximum atomic E-state index is 12.3. The molecule has 2 amide bonds. The molecular formula is C15H25N3O3. The van der Waals surface area contributed by atoms with Crippen LogP contribution in [0.4, 0.5) is 4.79 Å². The van der Waals surface area contributed by atoms with E-state index in [4.69, 9.17) is 9.26 Å². The Morgan fingerprint density at radius 1 is 1.57 bits per heavy atom. The van der Waals surface area contributed by atoms with E-state index in [9.17, 15) is 4.79 Å². The van der Waals surface area contributed by atoms with Gasteiger partial charge in [-0.3, -0.25) is 0 Å². The van der Waals surface area contributed by atoms with Crippen molar-refractivity contribution in [3.63, 3.8) is 0 Å². The molecule has 0 saturated carbocycles. The topological polar surface area (TPSA) is 67.6 Å². The van der Waals surface area contributed by atoms with Crippen molar-refractivity contribution in [2.45, 2.75) is 45.6 Å². The van der Waals surface area contributed by atoms with Crippen LogP contribution in [0.2, 0.25) is 0 Å². The van der Waals surface area contributed by atoms with E-state index in [0.717, 1.165) is 49.2 Å². The molecule has 0 aliphatic carbocycles. The summed E-state index contributed by atoms with van der Waals surface area (Å²) in [4.78, 5) is 14.3. The highest BCUT2D eigenvalue weighted by Crippen LogP contribution is 2.35. The number of nitrogens with zero attached hydrogens (tertiary/aromatic N) is 2. The summed E-state index contributed by atoms with van der Waals surface area (Å²) in [5.74, 6) is 0.900. The van der Waals surface area contributed by atoms with Crippen LogP contribution in [-0.2, 0) is 11.2 Å².